The number of hydrogen-bond acceptors (Lipinski definition) is 4. The Kier molecular flexibility index (Phi) is 4.50. The minimum Gasteiger partial charge on any atom is -0.496 e. The van der Waals surface area contributed by atoms with Crippen molar-refractivity contribution < 1.29 is 13.2 Å². The Morgan fingerprint density at radius 1 is 1.47 bits per heavy atom. The fourth-order valence-corrected chi connectivity index (χ4v) is 4.22. The van der Waals surface area contributed by atoms with E-state index in [1.54, 1.807) is 32.4 Å². The summed E-state index contributed by atoms with van der Waals surface area (Å²) in [6.45, 7) is 1.56. The van der Waals surface area contributed by atoms with Crippen LogP contribution in [0.2, 0.25) is 0 Å². The van der Waals surface area contributed by atoms with Gasteiger partial charge in [-0.1, -0.05) is 0 Å². The second-order valence-electron chi connectivity index (χ2n) is 4.46. The van der Waals surface area contributed by atoms with E-state index in [1.807, 2.05) is 0 Å². The molecule has 0 spiro atoms. The Morgan fingerprint density at radius 3 is 2.74 bits per heavy atom. The monoisotopic (exact) mass is 348 g/mol. The number of nitrogens with one attached hydrogen (secondary N) is 1. The van der Waals surface area contributed by atoms with Crippen molar-refractivity contribution in [2.75, 3.05) is 27.2 Å². The van der Waals surface area contributed by atoms with Gasteiger partial charge in [0.05, 0.1) is 16.5 Å². The molecule has 1 aromatic carbocycles. The van der Waals surface area contributed by atoms with Crippen LogP contribution in [-0.4, -0.2) is 46.0 Å². The quantitative estimate of drug-likeness (QED) is 0.894. The molecule has 19 heavy (non-hydrogen) atoms. The normalized spacial score (nSPS) is 19.9. The Hall–Kier alpha value is -0.630. The minimum atomic E-state index is -3.46. The highest BCUT2D eigenvalue weighted by Gasteiger charge is 2.30. The van der Waals surface area contributed by atoms with Crippen molar-refractivity contribution >= 4 is 26.0 Å². The summed E-state index contributed by atoms with van der Waals surface area (Å²) in [5.41, 5.74) is 0. The van der Waals surface area contributed by atoms with Crippen LogP contribution < -0.4 is 10.1 Å². The summed E-state index contributed by atoms with van der Waals surface area (Å²) in [4.78, 5) is 0.273. The molecule has 2 rings (SSSR count). The first-order valence-corrected chi connectivity index (χ1v) is 8.22. The summed E-state index contributed by atoms with van der Waals surface area (Å²) in [6, 6.07) is 4.81. The summed E-state index contributed by atoms with van der Waals surface area (Å²) in [5.74, 6) is 0.615. The Balaban J connectivity index is 2.30. The molecule has 1 aliphatic heterocycles. The van der Waals surface area contributed by atoms with Crippen molar-refractivity contribution in [2.24, 2.45) is 0 Å². The molecule has 1 saturated heterocycles. The van der Waals surface area contributed by atoms with Gasteiger partial charge in [0.15, 0.2) is 0 Å². The third-order valence-corrected chi connectivity index (χ3v) is 5.87. The highest BCUT2D eigenvalue weighted by Crippen LogP contribution is 2.29. The van der Waals surface area contributed by atoms with Crippen molar-refractivity contribution in [2.45, 2.75) is 17.4 Å². The predicted octanol–water partition coefficient (Wildman–Crippen LogP) is 1.44. The maximum absolute atomic E-state index is 12.5. The van der Waals surface area contributed by atoms with E-state index in [9.17, 15) is 8.42 Å². The zero-order valence-electron chi connectivity index (χ0n) is 10.9. The van der Waals surface area contributed by atoms with Crippen LogP contribution in [0.3, 0.4) is 0 Å². The van der Waals surface area contributed by atoms with Crippen LogP contribution >= 0.6 is 15.9 Å². The Bertz CT molecular complexity index is 556. The number of ether oxygens (including phenoxy) is 1. The molecule has 1 unspecified atom stereocenters. The SMILES string of the molecule is COc1ccc(S(=O)(=O)N(C)C2CCNC2)cc1Br. The number of rotatable bonds is 4. The first-order valence-electron chi connectivity index (χ1n) is 5.99. The molecule has 1 N–H and O–H groups in total. The van der Waals surface area contributed by atoms with Gasteiger partial charge in [0.1, 0.15) is 5.75 Å². The van der Waals surface area contributed by atoms with Crippen LogP contribution in [0.1, 0.15) is 6.42 Å². The van der Waals surface area contributed by atoms with Crippen molar-refractivity contribution in [1.82, 2.24) is 9.62 Å². The van der Waals surface area contributed by atoms with E-state index in [-0.39, 0.29) is 10.9 Å². The molecule has 0 aliphatic carbocycles. The molecular weight excluding hydrogens is 332 g/mol. The molecule has 1 heterocycles. The van der Waals surface area contributed by atoms with Gasteiger partial charge in [-0.15, -0.1) is 0 Å². The van der Waals surface area contributed by atoms with Crippen molar-refractivity contribution in [3.63, 3.8) is 0 Å². The van der Waals surface area contributed by atoms with Gasteiger partial charge in [-0.05, 0) is 47.1 Å². The van der Waals surface area contributed by atoms with E-state index in [0.717, 1.165) is 13.0 Å². The molecule has 106 valence electrons. The summed E-state index contributed by atoms with van der Waals surface area (Å²) in [5, 5.41) is 3.17. The smallest absolute Gasteiger partial charge is 0.243 e. The molecule has 7 heteroatoms. The highest BCUT2D eigenvalue weighted by atomic mass is 79.9. The third-order valence-electron chi connectivity index (χ3n) is 3.35. The van der Waals surface area contributed by atoms with Gasteiger partial charge in [-0.3, -0.25) is 0 Å². The first-order chi connectivity index (χ1) is 8.96. The molecule has 5 nitrogen and oxygen atoms in total. The minimum absolute atomic E-state index is 0.0193. The lowest BCUT2D eigenvalue weighted by Crippen LogP contribution is -2.38. The van der Waals surface area contributed by atoms with Crippen LogP contribution in [0, 0.1) is 0 Å². The Morgan fingerprint density at radius 2 is 2.21 bits per heavy atom. The fraction of sp³-hybridized carbons (Fsp3) is 0.500. The number of likely N-dealkylation sites (N-methyl/N-ethyl adjacent to an activating group) is 1. The van der Waals surface area contributed by atoms with Crippen LogP contribution in [0.4, 0.5) is 0 Å². The van der Waals surface area contributed by atoms with E-state index in [2.05, 4.69) is 21.2 Å². The number of nitrogens with zero attached hydrogens (tertiary/aromatic N) is 1. The van der Waals surface area contributed by atoms with Gasteiger partial charge in [-0.2, -0.15) is 4.31 Å². The summed E-state index contributed by atoms with van der Waals surface area (Å²) in [6.07, 6.45) is 0.840. The van der Waals surface area contributed by atoms with Crippen LogP contribution in [-0.2, 0) is 10.0 Å². The van der Waals surface area contributed by atoms with Crippen LogP contribution in [0.15, 0.2) is 27.6 Å². The first kappa shape index (κ1) is 14.8. The van der Waals surface area contributed by atoms with E-state index in [0.29, 0.717) is 16.8 Å². The van der Waals surface area contributed by atoms with Gasteiger partial charge in [-0.25, -0.2) is 8.42 Å². The molecule has 1 aliphatic rings. The second-order valence-corrected chi connectivity index (χ2v) is 7.32. The zero-order valence-corrected chi connectivity index (χ0v) is 13.3. The zero-order chi connectivity index (χ0) is 14.0. The molecule has 0 bridgehead atoms. The lowest BCUT2D eigenvalue weighted by molar-refractivity contribution is 0.387. The average Bonchev–Trinajstić information content (AvgIpc) is 2.91. The number of hydrogen-bond donors (Lipinski definition) is 1. The number of halogens is 1. The van der Waals surface area contributed by atoms with Gasteiger partial charge in [0.2, 0.25) is 10.0 Å². The lowest BCUT2D eigenvalue weighted by Gasteiger charge is -2.23. The standard InChI is InChI=1S/C12H17BrN2O3S/c1-15(9-5-6-14-8-9)19(16,17)10-3-4-12(18-2)11(13)7-10/h3-4,7,9,14H,5-6,8H2,1-2H3. The summed E-state index contributed by atoms with van der Waals surface area (Å²) < 4.78 is 32.2. The topological polar surface area (TPSA) is 58.6 Å². The molecule has 0 amide bonds. The van der Waals surface area contributed by atoms with Gasteiger partial charge in [0.25, 0.3) is 0 Å². The average molecular weight is 349 g/mol. The van der Waals surface area contributed by atoms with Gasteiger partial charge >= 0.3 is 0 Å². The third kappa shape index (κ3) is 2.94. The maximum Gasteiger partial charge on any atom is 0.243 e. The second kappa shape index (κ2) is 5.78. The number of sulfonamides is 1. The molecular formula is C12H17BrN2O3S. The molecule has 0 saturated carbocycles. The van der Waals surface area contributed by atoms with Gasteiger partial charge < -0.3 is 10.1 Å². The Labute approximate surface area is 122 Å². The molecule has 0 aromatic heterocycles. The number of methoxy groups -OCH3 is 1. The summed E-state index contributed by atoms with van der Waals surface area (Å²) in [7, 11) is -0.286. The molecule has 1 atom stereocenters. The largest absolute Gasteiger partial charge is 0.496 e. The van der Waals surface area contributed by atoms with Crippen LogP contribution in [0.5, 0.6) is 5.75 Å². The van der Waals surface area contributed by atoms with E-state index in [4.69, 9.17) is 4.74 Å². The van der Waals surface area contributed by atoms with Gasteiger partial charge in [0, 0.05) is 19.6 Å². The highest BCUT2D eigenvalue weighted by molar-refractivity contribution is 9.10. The van der Waals surface area contributed by atoms with Crippen LogP contribution in [0.25, 0.3) is 0 Å². The predicted molar refractivity (Wildman–Crippen MR) is 76.9 cm³/mol. The molecule has 1 fully saturated rings. The van der Waals surface area contributed by atoms with Crippen molar-refractivity contribution in [3.05, 3.63) is 22.7 Å². The van der Waals surface area contributed by atoms with E-state index >= 15 is 0 Å². The number of benzene rings is 1. The molecule has 1 aromatic rings. The lowest BCUT2D eigenvalue weighted by atomic mass is 10.3. The van der Waals surface area contributed by atoms with Crippen molar-refractivity contribution in [1.29, 1.82) is 0 Å². The van der Waals surface area contributed by atoms with E-state index < -0.39 is 10.0 Å². The maximum atomic E-state index is 12.5. The van der Waals surface area contributed by atoms with Crippen molar-refractivity contribution in [3.8, 4) is 5.75 Å². The fourth-order valence-electron chi connectivity index (χ4n) is 2.12. The summed E-state index contributed by atoms with van der Waals surface area (Å²) >= 11 is 3.31. The van der Waals surface area contributed by atoms with E-state index in [1.165, 1.54) is 4.31 Å². The molecule has 0 radical (unpaired) electrons.